The van der Waals surface area contributed by atoms with Crippen molar-refractivity contribution in [2.45, 2.75) is 41.0 Å². The number of nitrogens with zero attached hydrogens (tertiary/aromatic N) is 1. The monoisotopic (exact) mass is 317 g/mol. The van der Waals surface area contributed by atoms with Gasteiger partial charge < -0.3 is 4.74 Å². The Balaban J connectivity index is 0.00000112. The van der Waals surface area contributed by atoms with E-state index in [2.05, 4.69) is 0 Å². The number of nitro benzene ring substituents is 1. The first kappa shape index (κ1) is 20.6. The van der Waals surface area contributed by atoms with Crippen LogP contribution >= 0.6 is 0 Å². The molecule has 0 saturated heterocycles. The van der Waals surface area contributed by atoms with Gasteiger partial charge in [-0.05, 0) is 42.2 Å². The van der Waals surface area contributed by atoms with Gasteiger partial charge in [-0.25, -0.2) is 0 Å². The molecule has 0 aliphatic rings. The van der Waals surface area contributed by atoms with Crippen LogP contribution in [0.3, 0.4) is 0 Å². The van der Waals surface area contributed by atoms with Gasteiger partial charge in [0.05, 0.1) is 12.0 Å². The highest BCUT2D eigenvalue weighted by Gasteiger charge is 2.09. The molecule has 0 radical (unpaired) electrons. The van der Waals surface area contributed by atoms with Crippen LogP contribution < -0.4 is 4.74 Å². The van der Waals surface area contributed by atoms with E-state index in [-0.39, 0.29) is 10.6 Å². The summed E-state index contributed by atoms with van der Waals surface area (Å²) in [6.45, 7) is 9.96. The Hall–Kier alpha value is -2.36. The van der Waals surface area contributed by atoms with Gasteiger partial charge in [0.2, 0.25) is 0 Å². The van der Waals surface area contributed by atoms with E-state index in [1.165, 1.54) is 6.07 Å². The highest BCUT2D eigenvalue weighted by molar-refractivity contribution is 5.42. The topological polar surface area (TPSA) is 52.4 Å². The number of hydrogen-bond donors (Lipinski definition) is 0. The molecule has 2 aromatic rings. The lowest BCUT2D eigenvalue weighted by Crippen LogP contribution is -1.95. The van der Waals surface area contributed by atoms with Crippen LogP contribution in [-0.4, -0.2) is 12.0 Å². The third-order valence-corrected chi connectivity index (χ3v) is 3.07. The number of benzene rings is 2. The number of aryl methyl sites for hydroxylation is 1. The minimum Gasteiger partial charge on any atom is -0.497 e. The van der Waals surface area contributed by atoms with Crippen LogP contribution in [0.1, 0.15) is 44.4 Å². The van der Waals surface area contributed by atoms with Crippen LogP contribution in [-0.2, 0) is 6.42 Å². The zero-order chi connectivity index (χ0) is 17.8. The Morgan fingerprint density at radius 3 is 2.26 bits per heavy atom. The molecule has 4 heteroatoms. The van der Waals surface area contributed by atoms with Crippen molar-refractivity contribution < 1.29 is 9.66 Å². The number of nitro groups is 1. The van der Waals surface area contributed by atoms with Gasteiger partial charge in [-0.3, -0.25) is 10.1 Å². The maximum absolute atomic E-state index is 10.8. The molecular weight excluding hydrogens is 290 g/mol. The third-order valence-electron chi connectivity index (χ3n) is 3.07. The molecule has 0 unspecified atom stereocenters. The van der Waals surface area contributed by atoms with E-state index in [1.807, 2.05) is 58.9 Å². The van der Waals surface area contributed by atoms with E-state index in [9.17, 15) is 10.1 Å². The van der Waals surface area contributed by atoms with Gasteiger partial charge in [-0.2, -0.15) is 0 Å². The molecule has 0 spiro atoms. The molecule has 0 N–H and O–H groups in total. The summed E-state index contributed by atoms with van der Waals surface area (Å²) in [5.74, 6) is 0.792. The van der Waals surface area contributed by atoms with Crippen molar-refractivity contribution in [1.82, 2.24) is 0 Å². The van der Waals surface area contributed by atoms with Crippen molar-refractivity contribution in [3.05, 3.63) is 69.3 Å². The summed E-state index contributed by atoms with van der Waals surface area (Å²) >= 11 is 0. The summed E-state index contributed by atoms with van der Waals surface area (Å²) in [4.78, 5) is 10.4. The minimum atomic E-state index is -0.367. The maximum atomic E-state index is 10.8. The van der Waals surface area contributed by atoms with Crippen LogP contribution in [0.2, 0.25) is 0 Å². The molecule has 0 aromatic heterocycles. The summed E-state index contributed by atoms with van der Waals surface area (Å²) in [5.41, 5.74) is 3.21. The Labute approximate surface area is 139 Å². The molecule has 0 heterocycles. The molecule has 2 aromatic carbocycles. The fourth-order valence-electron chi connectivity index (χ4n) is 1.96. The van der Waals surface area contributed by atoms with Crippen molar-refractivity contribution in [2.24, 2.45) is 0 Å². The predicted molar refractivity (Wildman–Crippen MR) is 96.3 cm³/mol. The van der Waals surface area contributed by atoms with Crippen molar-refractivity contribution >= 4 is 5.69 Å². The molecule has 0 fully saturated rings. The Morgan fingerprint density at radius 2 is 1.70 bits per heavy atom. The lowest BCUT2D eigenvalue weighted by Gasteiger charge is -2.07. The average Bonchev–Trinajstić information content (AvgIpc) is 2.60. The molecule has 0 atom stereocenters. The zero-order valence-corrected chi connectivity index (χ0v) is 14.9. The molecule has 4 nitrogen and oxygen atoms in total. The number of ether oxygens (including phenoxy) is 1. The van der Waals surface area contributed by atoms with E-state index >= 15 is 0 Å². The number of rotatable bonds is 4. The smallest absolute Gasteiger partial charge is 0.269 e. The Kier molecular flexibility index (Phi) is 10.1. The second-order valence-corrected chi connectivity index (χ2v) is 4.40. The number of hydrogen-bond acceptors (Lipinski definition) is 3. The number of non-ortho nitro benzene ring substituents is 1. The summed E-state index contributed by atoms with van der Waals surface area (Å²) in [6, 6.07) is 12.7. The van der Waals surface area contributed by atoms with Crippen molar-refractivity contribution in [3.63, 3.8) is 0 Å². The SMILES string of the molecule is CC.CC.COc1cccc(Cc2cc([N+](=O)[O-])ccc2C)c1. The third kappa shape index (κ3) is 6.51. The van der Waals surface area contributed by atoms with E-state index in [0.717, 1.165) is 22.4 Å². The second kappa shape index (κ2) is 11.2. The summed E-state index contributed by atoms with van der Waals surface area (Å²) < 4.78 is 5.18. The van der Waals surface area contributed by atoms with Crippen LogP contribution in [0.25, 0.3) is 0 Å². The Bertz CT molecular complexity index is 609. The zero-order valence-electron chi connectivity index (χ0n) is 14.9. The van der Waals surface area contributed by atoms with Crippen LogP contribution in [0.5, 0.6) is 5.75 Å². The van der Waals surface area contributed by atoms with Crippen LogP contribution in [0.15, 0.2) is 42.5 Å². The summed E-state index contributed by atoms with van der Waals surface area (Å²) in [6.07, 6.45) is 0.657. The largest absolute Gasteiger partial charge is 0.497 e. The Morgan fingerprint density at radius 1 is 1.04 bits per heavy atom. The van der Waals surface area contributed by atoms with Gasteiger partial charge >= 0.3 is 0 Å². The summed E-state index contributed by atoms with van der Waals surface area (Å²) in [7, 11) is 1.62. The normalized spacial score (nSPS) is 8.96. The molecule has 0 aliphatic carbocycles. The first-order valence-corrected chi connectivity index (χ1v) is 7.97. The van der Waals surface area contributed by atoms with Crippen molar-refractivity contribution in [3.8, 4) is 5.75 Å². The molecule has 126 valence electrons. The molecule has 0 aliphatic heterocycles. The fraction of sp³-hybridized carbons (Fsp3) is 0.368. The van der Waals surface area contributed by atoms with Gasteiger partial charge in [0, 0.05) is 12.1 Å². The van der Waals surface area contributed by atoms with E-state index in [4.69, 9.17) is 4.74 Å². The molecule has 23 heavy (non-hydrogen) atoms. The molecule has 2 rings (SSSR count). The quantitative estimate of drug-likeness (QED) is 0.548. The van der Waals surface area contributed by atoms with E-state index in [1.54, 1.807) is 19.2 Å². The highest BCUT2D eigenvalue weighted by Crippen LogP contribution is 2.22. The molecule has 0 amide bonds. The van der Waals surface area contributed by atoms with E-state index in [0.29, 0.717) is 6.42 Å². The fourth-order valence-corrected chi connectivity index (χ4v) is 1.96. The van der Waals surface area contributed by atoms with Gasteiger partial charge in [-0.15, -0.1) is 0 Å². The predicted octanol–water partition coefficient (Wildman–Crippen LogP) is 5.56. The van der Waals surface area contributed by atoms with Gasteiger partial charge in [0.1, 0.15) is 5.75 Å². The molecule has 0 bridgehead atoms. The van der Waals surface area contributed by atoms with Crippen LogP contribution in [0.4, 0.5) is 5.69 Å². The lowest BCUT2D eigenvalue weighted by molar-refractivity contribution is -0.384. The first-order chi connectivity index (χ1) is 11.1. The van der Waals surface area contributed by atoms with Gasteiger partial charge in [0.25, 0.3) is 5.69 Å². The molecular formula is C19H27NO3. The summed E-state index contributed by atoms with van der Waals surface area (Å²) in [5, 5.41) is 10.8. The highest BCUT2D eigenvalue weighted by atomic mass is 16.6. The average molecular weight is 317 g/mol. The lowest BCUT2D eigenvalue weighted by atomic mass is 10.00. The van der Waals surface area contributed by atoms with Crippen molar-refractivity contribution in [2.75, 3.05) is 7.11 Å². The standard InChI is InChI=1S/C15H15NO3.2C2H6/c1-11-6-7-14(16(17)18)10-13(11)8-12-4-3-5-15(9-12)19-2;2*1-2/h3-7,9-10H,8H2,1-2H3;2*1-2H3. The van der Waals surface area contributed by atoms with Crippen LogP contribution in [0, 0.1) is 17.0 Å². The van der Waals surface area contributed by atoms with Gasteiger partial charge in [0.15, 0.2) is 0 Å². The van der Waals surface area contributed by atoms with Gasteiger partial charge in [-0.1, -0.05) is 45.9 Å². The maximum Gasteiger partial charge on any atom is 0.269 e. The second-order valence-electron chi connectivity index (χ2n) is 4.40. The van der Waals surface area contributed by atoms with E-state index < -0.39 is 0 Å². The minimum absolute atomic E-state index is 0.128. The number of methoxy groups -OCH3 is 1. The van der Waals surface area contributed by atoms with Crippen molar-refractivity contribution in [1.29, 1.82) is 0 Å². The first-order valence-electron chi connectivity index (χ1n) is 7.97. The molecule has 0 saturated carbocycles.